The topological polar surface area (TPSA) is 83.4 Å². The molecule has 0 fully saturated rings. The minimum Gasteiger partial charge on any atom is -0.444 e. The average molecular weight is 384 g/mol. The molecule has 0 heterocycles. The second kappa shape index (κ2) is 8.18. The Morgan fingerprint density at radius 1 is 1.39 bits per heavy atom. The number of halogens is 1. The molecule has 2 N–H and O–H groups in total. The largest absolute Gasteiger partial charge is 0.444 e. The van der Waals surface area contributed by atoms with E-state index in [1.807, 2.05) is 6.92 Å². The van der Waals surface area contributed by atoms with Gasteiger partial charge in [0.2, 0.25) is 0 Å². The molecule has 1 rings (SSSR count). The maximum absolute atomic E-state index is 11.8. The summed E-state index contributed by atoms with van der Waals surface area (Å²) in [6.07, 6.45) is -0.961. The fourth-order valence-corrected chi connectivity index (χ4v) is 2.28. The van der Waals surface area contributed by atoms with Crippen molar-refractivity contribution >= 4 is 27.7 Å². The molecular weight excluding hydrogens is 362 g/mol. The summed E-state index contributed by atoms with van der Waals surface area (Å²) in [5, 5.41) is 14.8. The van der Waals surface area contributed by atoms with Crippen molar-refractivity contribution < 1.29 is 14.3 Å². The van der Waals surface area contributed by atoms with Gasteiger partial charge in [-0.1, -0.05) is 0 Å². The van der Waals surface area contributed by atoms with Crippen molar-refractivity contribution in [3.8, 4) is 6.07 Å². The van der Waals surface area contributed by atoms with Crippen LogP contribution in [0.4, 0.5) is 10.5 Å². The number of anilines is 1. The van der Waals surface area contributed by atoms with Crippen LogP contribution >= 0.6 is 15.9 Å². The number of hydrogen-bond donors (Lipinski definition) is 2. The molecule has 2 atom stereocenters. The molecular formula is C16H22BrN3O3. The lowest BCUT2D eigenvalue weighted by Gasteiger charge is -2.27. The fraction of sp³-hybridized carbons (Fsp3) is 0.500. The Hall–Kier alpha value is -1.78. The van der Waals surface area contributed by atoms with Gasteiger partial charge >= 0.3 is 6.09 Å². The summed E-state index contributed by atoms with van der Waals surface area (Å²) in [4.78, 5) is 11.8. The number of amides is 1. The van der Waals surface area contributed by atoms with Crippen molar-refractivity contribution in [1.29, 1.82) is 5.26 Å². The third-order valence-electron chi connectivity index (χ3n) is 2.85. The van der Waals surface area contributed by atoms with E-state index in [4.69, 9.17) is 14.7 Å². The van der Waals surface area contributed by atoms with Crippen molar-refractivity contribution in [2.45, 2.75) is 45.6 Å². The summed E-state index contributed by atoms with van der Waals surface area (Å²) in [6.45, 7) is 7.22. The van der Waals surface area contributed by atoms with Crippen LogP contribution < -0.4 is 10.6 Å². The van der Waals surface area contributed by atoms with Gasteiger partial charge in [0.15, 0.2) is 0 Å². The van der Waals surface area contributed by atoms with Gasteiger partial charge in [-0.2, -0.15) is 5.26 Å². The van der Waals surface area contributed by atoms with Gasteiger partial charge in [0, 0.05) is 17.3 Å². The molecule has 126 valence electrons. The lowest BCUT2D eigenvalue weighted by Crippen LogP contribution is -2.47. The molecule has 0 radical (unpaired) electrons. The predicted octanol–water partition coefficient (Wildman–Crippen LogP) is 3.62. The lowest BCUT2D eigenvalue weighted by molar-refractivity contribution is 0.0407. The van der Waals surface area contributed by atoms with E-state index >= 15 is 0 Å². The Kier molecular flexibility index (Phi) is 6.85. The normalized spacial score (nSPS) is 13.6. The Morgan fingerprint density at radius 3 is 2.52 bits per heavy atom. The van der Waals surface area contributed by atoms with Crippen LogP contribution in [0.1, 0.15) is 33.3 Å². The monoisotopic (exact) mass is 383 g/mol. The van der Waals surface area contributed by atoms with E-state index in [1.54, 1.807) is 46.1 Å². The van der Waals surface area contributed by atoms with Crippen LogP contribution in [-0.4, -0.2) is 31.1 Å². The van der Waals surface area contributed by atoms with Crippen LogP contribution in [0.3, 0.4) is 0 Å². The van der Waals surface area contributed by atoms with E-state index in [-0.39, 0.29) is 6.04 Å². The van der Waals surface area contributed by atoms with Crippen molar-refractivity contribution in [3.05, 3.63) is 28.2 Å². The molecule has 0 bridgehead atoms. The first-order valence-corrected chi connectivity index (χ1v) is 7.94. The van der Waals surface area contributed by atoms with E-state index in [2.05, 4.69) is 32.6 Å². The zero-order chi connectivity index (χ0) is 17.6. The molecule has 0 saturated carbocycles. The van der Waals surface area contributed by atoms with Crippen molar-refractivity contribution in [3.63, 3.8) is 0 Å². The van der Waals surface area contributed by atoms with Crippen LogP contribution in [0, 0.1) is 11.3 Å². The second-order valence-electron chi connectivity index (χ2n) is 6.04. The predicted molar refractivity (Wildman–Crippen MR) is 92.1 cm³/mol. The first-order chi connectivity index (χ1) is 10.7. The molecule has 23 heavy (non-hydrogen) atoms. The third-order valence-corrected chi connectivity index (χ3v) is 3.51. The lowest BCUT2D eigenvalue weighted by atomic mass is 10.2. The van der Waals surface area contributed by atoms with Crippen LogP contribution in [0.5, 0.6) is 0 Å². The van der Waals surface area contributed by atoms with Crippen LogP contribution in [-0.2, 0) is 9.47 Å². The van der Waals surface area contributed by atoms with E-state index in [0.717, 1.165) is 5.69 Å². The summed E-state index contributed by atoms with van der Waals surface area (Å²) in [7, 11) is 1.55. The van der Waals surface area contributed by atoms with Gasteiger partial charge in [-0.05, 0) is 61.8 Å². The highest BCUT2D eigenvalue weighted by molar-refractivity contribution is 9.10. The number of alkyl carbamates (subject to hydrolysis) is 1. The van der Waals surface area contributed by atoms with Crippen molar-refractivity contribution in [1.82, 2.24) is 5.32 Å². The van der Waals surface area contributed by atoms with Gasteiger partial charge in [0.05, 0.1) is 11.6 Å². The van der Waals surface area contributed by atoms with Gasteiger partial charge in [-0.15, -0.1) is 0 Å². The van der Waals surface area contributed by atoms with Gasteiger partial charge in [-0.3, -0.25) is 0 Å². The van der Waals surface area contributed by atoms with Crippen LogP contribution in [0.25, 0.3) is 0 Å². The number of nitrogens with zero attached hydrogens (tertiary/aromatic N) is 1. The number of carbonyl (C=O) groups excluding carboxylic acids is 1. The number of rotatable bonds is 5. The number of ether oxygens (including phenoxy) is 2. The molecule has 0 saturated heterocycles. The Morgan fingerprint density at radius 2 is 2.04 bits per heavy atom. The Bertz CT molecular complexity index is 593. The number of nitrogens with one attached hydrogen (secondary N) is 2. The molecule has 0 aliphatic carbocycles. The smallest absolute Gasteiger partial charge is 0.408 e. The van der Waals surface area contributed by atoms with E-state index in [9.17, 15) is 4.79 Å². The first-order valence-electron chi connectivity index (χ1n) is 7.14. The molecule has 0 aromatic heterocycles. The molecule has 0 aliphatic rings. The number of hydrogen-bond acceptors (Lipinski definition) is 5. The van der Waals surface area contributed by atoms with Crippen molar-refractivity contribution in [2.24, 2.45) is 0 Å². The quantitative estimate of drug-likeness (QED) is 0.758. The first kappa shape index (κ1) is 19.3. The molecule has 1 aromatic carbocycles. The van der Waals surface area contributed by atoms with Crippen LogP contribution in [0.2, 0.25) is 0 Å². The molecule has 2 unspecified atom stereocenters. The summed E-state index contributed by atoms with van der Waals surface area (Å²) >= 11 is 3.34. The van der Waals surface area contributed by atoms with Crippen molar-refractivity contribution in [2.75, 3.05) is 12.4 Å². The van der Waals surface area contributed by atoms with Gasteiger partial charge in [0.25, 0.3) is 0 Å². The number of methoxy groups -OCH3 is 1. The molecule has 1 amide bonds. The van der Waals surface area contributed by atoms with Gasteiger partial charge in [-0.25, -0.2) is 4.79 Å². The summed E-state index contributed by atoms with van der Waals surface area (Å²) < 4.78 is 11.3. The summed E-state index contributed by atoms with van der Waals surface area (Å²) in [5.74, 6) is 0. The maximum atomic E-state index is 11.8. The zero-order valence-corrected chi connectivity index (χ0v) is 15.5. The molecule has 1 aromatic rings. The Balaban J connectivity index is 2.71. The number of nitriles is 1. The molecule has 6 nitrogen and oxygen atoms in total. The second-order valence-corrected chi connectivity index (χ2v) is 6.90. The molecule has 0 spiro atoms. The summed E-state index contributed by atoms with van der Waals surface area (Å²) in [6, 6.07) is 7.01. The highest BCUT2D eigenvalue weighted by Gasteiger charge is 2.22. The summed E-state index contributed by atoms with van der Waals surface area (Å²) in [5.41, 5.74) is 0.752. The number of carbonyl (C=O) groups is 1. The van der Waals surface area contributed by atoms with Gasteiger partial charge < -0.3 is 20.1 Å². The van der Waals surface area contributed by atoms with E-state index < -0.39 is 17.9 Å². The third kappa shape index (κ3) is 6.47. The van der Waals surface area contributed by atoms with E-state index in [1.165, 1.54) is 0 Å². The zero-order valence-electron chi connectivity index (χ0n) is 13.9. The Labute approximate surface area is 145 Å². The molecule has 7 heteroatoms. The average Bonchev–Trinajstić information content (AvgIpc) is 2.42. The minimum absolute atomic E-state index is 0.329. The highest BCUT2D eigenvalue weighted by atomic mass is 79.9. The number of benzene rings is 1. The molecule has 0 aliphatic heterocycles. The van der Waals surface area contributed by atoms with Gasteiger partial charge in [0.1, 0.15) is 17.9 Å². The van der Waals surface area contributed by atoms with E-state index in [0.29, 0.717) is 10.0 Å². The maximum Gasteiger partial charge on any atom is 0.408 e. The highest BCUT2D eigenvalue weighted by Crippen LogP contribution is 2.22. The minimum atomic E-state index is -0.558. The SMILES string of the molecule is COC(Nc1ccc(C#N)c(Br)c1)C(C)NC(=O)OC(C)(C)C. The fourth-order valence-electron chi connectivity index (χ4n) is 1.82. The van der Waals surface area contributed by atoms with Crippen LogP contribution in [0.15, 0.2) is 22.7 Å². The standard InChI is InChI=1S/C16H22BrN3O3/c1-10(19-15(21)23-16(2,3)4)14(22-5)20-12-7-6-11(9-18)13(17)8-12/h6-8,10,14,20H,1-5H3,(H,19,21).